The second kappa shape index (κ2) is 6.45. The number of alkyl halides is 5. The molecule has 22 heavy (non-hydrogen) atoms. The quantitative estimate of drug-likeness (QED) is 0.741. The van der Waals surface area contributed by atoms with Crippen LogP contribution in [0.25, 0.3) is 0 Å². The maximum atomic E-state index is 13.7. The monoisotopic (exact) mass is 411 g/mol. The molecule has 1 fully saturated rings. The molecule has 0 spiro atoms. The van der Waals surface area contributed by atoms with Crippen LogP contribution in [-0.2, 0) is 4.74 Å². The molecule has 1 amide bonds. The van der Waals surface area contributed by atoms with E-state index in [0.717, 1.165) is 18.2 Å². The molecule has 1 aliphatic rings. The van der Waals surface area contributed by atoms with Gasteiger partial charge in [-0.05, 0) is 23.8 Å². The van der Waals surface area contributed by atoms with Gasteiger partial charge in [0.05, 0.1) is 0 Å². The number of alkyl carbamates (subject to hydrolysis) is 1. The highest BCUT2D eigenvalue weighted by molar-refractivity contribution is 9.10. The zero-order valence-electron chi connectivity index (χ0n) is 10.4. The standard InChI is InChI=1S/C11H7BrF5NO3.ClH/c12-6-1-5(2-7(3-6)21-11(15,16)17)8-10(13,14)4-20-9(19)18-8;/h1-3,8H,4H2,(H,18,19);1H/t8-;/m1./s1. The number of ether oxygens (including phenoxy) is 2. The lowest BCUT2D eigenvalue weighted by atomic mass is 10.00. The number of amides is 1. The zero-order chi connectivity index (χ0) is 15.8. The Kier molecular flexibility index (Phi) is 5.50. The number of hydrogen-bond acceptors (Lipinski definition) is 3. The molecule has 11 heteroatoms. The molecule has 0 saturated carbocycles. The fourth-order valence-electron chi connectivity index (χ4n) is 1.78. The summed E-state index contributed by atoms with van der Waals surface area (Å²) in [5.41, 5.74) is -0.245. The van der Waals surface area contributed by atoms with Gasteiger partial charge in [-0.2, -0.15) is 0 Å². The van der Waals surface area contributed by atoms with Gasteiger partial charge in [0.1, 0.15) is 11.8 Å². The fourth-order valence-corrected chi connectivity index (χ4v) is 2.27. The molecule has 1 saturated heterocycles. The summed E-state index contributed by atoms with van der Waals surface area (Å²) in [7, 11) is 0. The van der Waals surface area contributed by atoms with Gasteiger partial charge in [-0.1, -0.05) is 15.9 Å². The van der Waals surface area contributed by atoms with Crippen LogP contribution in [0.15, 0.2) is 22.7 Å². The maximum Gasteiger partial charge on any atom is 0.573 e. The summed E-state index contributed by atoms with van der Waals surface area (Å²) in [5.74, 6) is -4.15. The van der Waals surface area contributed by atoms with E-state index in [0.29, 0.717) is 0 Å². The van der Waals surface area contributed by atoms with E-state index in [2.05, 4.69) is 25.4 Å². The normalized spacial score (nSPS) is 20.5. The first-order chi connectivity index (χ1) is 9.57. The predicted octanol–water partition coefficient (Wildman–Crippen LogP) is 4.19. The van der Waals surface area contributed by atoms with Gasteiger partial charge in [0.15, 0.2) is 6.61 Å². The number of benzene rings is 1. The second-order valence-electron chi connectivity index (χ2n) is 4.18. The number of halogens is 7. The Balaban J connectivity index is 0.00000242. The molecule has 0 aliphatic carbocycles. The third-order valence-corrected chi connectivity index (χ3v) is 3.00. The predicted molar refractivity (Wildman–Crippen MR) is 70.2 cm³/mol. The third-order valence-electron chi connectivity index (χ3n) is 2.54. The molecule has 1 aliphatic heterocycles. The summed E-state index contributed by atoms with van der Waals surface area (Å²) in [6.07, 6.45) is -6.04. The largest absolute Gasteiger partial charge is 0.573 e. The van der Waals surface area contributed by atoms with Crippen LogP contribution in [0.4, 0.5) is 26.7 Å². The molecule has 0 aromatic heterocycles. The van der Waals surface area contributed by atoms with Crippen LogP contribution in [0.3, 0.4) is 0 Å². The van der Waals surface area contributed by atoms with E-state index in [9.17, 15) is 26.7 Å². The highest BCUT2D eigenvalue weighted by atomic mass is 79.9. The van der Waals surface area contributed by atoms with Crippen molar-refractivity contribution < 1.29 is 36.2 Å². The highest BCUT2D eigenvalue weighted by Gasteiger charge is 2.47. The van der Waals surface area contributed by atoms with Crippen molar-refractivity contribution in [3.8, 4) is 5.75 Å². The van der Waals surface area contributed by atoms with Crippen molar-refractivity contribution >= 4 is 34.4 Å². The van der Waals surface area contributed by atoms with Gasteiger partial charge in [0.25, 0.3) is 0 Å². The van der Waals surface area contributed by atoms with Crippen LogP contribution < -0.4 is 10.1 Å². The zero-order valence-corrected chi connectivity index (χ0v) is 12.8. The summed E-state index contributed by atoms with van der Waals surface area (Å²) in [6.45, 7) is -1.16. The Morgan fingerprint density at radius 1 is 1.32 bits per heavy atom. The Hall–Kier alpha value is -1.29. The summed E-state index contributed by atoms with van der Waals surface area (Å²) in [6, 6.07) is 1.10. The molecule has 0 bridgehead atoms. The topological polar surface area (TPSA) is 47.6 Å². The first-order valence-electron chi connectivity index (χ1n) is 5.44. The van der Waals surface area contributed by atoms with E-state index < -0.39 is 36.8 Å². The highest BCUT2D eigenvalue weighted by Crippen LogP contribution is 2.37. The number of rotatable bonds is 2. The van der Waals surface area contributed by atoms with Gasteiger partial charge < -0.3 is 14.8 Å². The van der Waals surface area contributed by atoms with Crippen molar-refractivity contribution in [2.75, 3.05) is 6.61 Å². The van der Waals surface area contributed by atoms with Crippen molar-refractivity contribution in [1.82, 2.24) is 5.32 Å². The van der Waals surface area contributed by atoms with Crippen molar-refractivity contribution in [3.05, 3.63) is 28.2 Å². The molecule has 124 valence electrons. The molecule has 0 radical (unpaired) electrons. The van der Waals surface area contributed by atoms with Crippen LogP contribution in [0.1, 0.15) is 11.6 Å². The minimum absolute atomic E-state index is 0. The number of carbonyl (C=O) groups excluding carboxylic acids is 1. The summed E-state index contributed by atoms with van der Waals surface area (Å²) in [4.78, 5) is 11.0. The first kappa shape index (κ1) is 18.8. The van der Waals surface area contributed by atoms with Gasteiger partial charge >= 0.3 is 18.4 Å². The lowest BCUT2D eigenvalue weighted by Crippen LogP contribution is -2.49. The molecule has 1 heterocycles. The van der Waals surface area contributed by atoms with Gasteiger partial charge in [0, 0.05) is 4.47 Å². The summed E-state index contributed by atoms with van der Waals surface area (Å²) >= 11 is 2.90. The smallest absolute Gasteiger partial charge is 0.443 e. The maximum absolute atomic E-state index is 13.7. The third kappa shape index (κ3) is 4.60. The van der Waals surface area contributed by atoms with Gasteiger partial charge in [-0.25, -0.2) is 13.6 Å². The molecule has 0 unspecified atom stereocenters. The molecule has 1 aromatic carbocycles. The Bertz CT molecular complexity index is 569. The number of hydrogen-bond donors (Lipinski definition) is 1. The second-order valence-corrected chi connectivity index (χ2v) is 5.10. The summed E-state index contributed by atoms with van der Waals surface area (Å²) in [5, 5.41) is 1.87. The van der Waals surface area contributed by atoms with Crippen molar-refractivity contribution in [2.24, 2.45) is 0 Å². The van der Waals surface area contributed by atoms with Gasteiger partial charge in [-0.15, -0.1) is 25.6 Å². The van der Waals surface area contributed by atoms with Crippen LogP contribution in [0.5, 0.6) is 5.75 Å². The Morgan fingerprint density at radius 3 is 2.55 bits per heavy atom. The van der Waals surface area contributed by atoms with E-state index in [1.807, 2.05) is 5.32 Å². The van der Waals surface area contributed by atoms with Crippen LogP contribution in [0.2, 0.25) is 0 Å². The molecule has 2 rings (SSSR count). The van der Waals surface area contributed by atoms with E-state index in [4.69, 9.17) is 0 Å². The molecule has 1 N–H and O–H groups in total. The van der Waals surface area contributed by atoms with E-state index >= 15 is 0 Å². The Labute approximate surface area is 135 Å². The Morgan fingerprint density at radius 2 is 1.95 bits per heavy atom. The van der Waals surface area contributed by atoms with Crippen molar-refractivity contribution in [3.63, 3.8) is 0 Å². The molecular formula is C11H8BrClF5NO3. The summed E-state index contributed by atoms with van der Waals surface area (Å²) < 4.78 is 71.9. The van der Waals surface area contributed by atoms with E-state index in [-0.39, 0.29) is 22.4 Å². The van der Waals surface area contributed by atoms with Crippen LogP contribution >= 0.6 is 28.3 Å². The first-order valence-corrected chi connectivity index (χ1v) is 6.23. The molecular weight excluding hydrogens is 404 g/mol. The average molecular weight is 413 g/mol. The molecule has 4 nitrogen and oxygen atoms in total. The van der Waals surface area contributed by atoms with E-state index in [1.165, 1.54) is 0 Å². The lowest BCUT2D eigenvalue weighted by Gasteiger charge is -2.32. The van der Waals surface area contributed by atoms with Crippen molar-refractivity contribution in [2.45, 2.75) is 18.3 Å². The number of cyclic esters (lactones) is 1. The van der Waals surface area contributed by atoms with Crippen molar-refractivity contribution in [1.29, 1.82) is 0 Å². The number of carbonyl (C=O) groups is 1. The van der Waals surface area contributed by atoms with Crippen LogP contribution in [0, 0.1) is 0 Å². The lowest BCUT2D eigenvalue weighted by molar-refractivity contribution is -0.274. The fraction of sp³-hybridized carbons (Fsp3) is 0.364. The van der Waals surface area contributed by atoms with Crippen LogP contribution in [-0.4, -0.2) is 25.0 Å². The average Bonchev–Trinajstić information content (AvgIpc) is 2.29. The van der Waals surface area contributed by atoms with Gasteiger partial charge in [-0.3, -0.25) is 0 Å². The minimum Gasteiger partial charge on any atom is -0.443 e. The SMILES string of the molecule is Cl.O=C1N[C@H](c2cc(Br)cc(OC(F)(F)F)c2)C(F)(F)CO1. The molecule has 1 aromatic rings. The van der Waals surface area contributed by atoms with Gasteiger partial charge in [0.2, 0.25) is 0 Å². The minimum atomic E-state index is -4.96. The molecule has 1 atom stereocenters. The number of nitrogens with one attached hydrogen (secondary N) is 1. The van der Waals surface area contributed by atoms with E-state index in [1.54, 1.807) is 0 Å².